The van der Waals surface area contributed by atoms with E-state index >= 15 is 0 Å². The molecule has 4 heterocycles. The van der Waals surface area contributed by atoms with Crippen LogP contribution in [0.25, 0.3) is 0 Å². The predicted octanol–water partition coefficient (Wildman–Crippen LogP) is 3.29. The van der Waals surface area contributed by atoms with Gasteiger partial charge in [-0.1, -0.05) is 27.7 Å². The summed E-state index contributed by atoms with van der Waals surface area (Å²) in [4.78, 5) is 16.9. The minimum atomic E-state index is -0.154. The standard InChI is InChI=1S/C21H34N8O.C2H3N.C2H6/c1-4-17-9-22-21(24-18-10-23-29(12-18)15-30)25-20(17)27(5-2)14-26-6-7-28-11-16(3)8-19(28)13-26;1-2-3;1-2/h9-10,12,16,19,30H,4-8,11,13-15H2,1-3H3,(H,22,24,25);1H3;1-2H3. The van der Waals surface area contributed by atoms with Crippen LogP contribution in [0.3, 0.4) is 0 Å². The first-order valence-electron chi connectivity index (χ1n) is 12.8. The van der Waals surface area contributed by atoms with Crippen molar-refractivity contribution in [1.29, 1.82) is 5.26 Å². The van der Waals surface area contributed by atoms with Crippen molar-refractivity contribution >= 4 is 17.5 Å². The van der Waals surface area contributed by atoms with Gasteiger partial charge in [-0.05, 0) is 25.7 Å². The largest absolute Gasteiger partial charge is 0.374 e. The van der Waals surface area contributed by atoms with Gasteiger partial charge in [0.05, 0.1) is 30.8 Å². The summed E-state index contributed by atoms with van der Waals surface area (Å²) in [7, 11) is 0. The number of fused-ring (bicyclic) bond motifs is 1. The molecule has 2 N–H and O–H groups in total. The number of hydrogen-bond acceptors (Lipinski definition) is 9. The smallest absolute Gasteiger partial charge is 0.229 e. The lowest BCUT2D eigenvalue weighted by molar-refractivity contribution is 0.104. The van der Waals surface area contributed by atoms with Crippen molar-refractivity contribution in [2.45, 2.75) is 67.2 Å². The van der Waals surface area contributed by atoms with Crippen LogP contribution in [0.4, 0.5) is 17.5 Å². The van der Waals surface area contributed by atoms with Crippen molar-refractivity contribution in [3.8, 4) is 6.07 Å². The fourth-order valence-corrected chi connectivity index (χ4v) is 4.66. The summed E-state index contributed by atoms with van der Waals surface area (Å²) in [5, 5.41) is 23.8. The average Bonchev–Trinajstić information content (AvgIpc) is 3.49. The lowest BCUT2D eigenvalue weighted by Gasteiger charge is -2.40. The van der Waals surface area contributed by atoms with Crippen LogP contribution in [0.1, 0.15) is 53.5 Å². The molecule has 2 unspecified atom stereocenters. The Morgan fingerprint density at radius 2 is 1.97 bits per heavy atom. The molecular formula is C25H43N9O. The van der Waals surface area contributed by atoms with Crippen LogP contribution in [0.15, 0.2) is 18.6 Å². The summed E-state index contributed by atoms with van der Waals surface area (Å²) in [6.45, 7) is 18.4. The van der Waals surface area contributed by atoms with Gasteiger partial charge in [0.2, 0.25) is 5.95 Å². The molecule has 2 aromatic heterocycles. The summed E-state index contributed by atoms with van der Waals surface area (Å²) in [6.07, 6.45) is 7.51. The van der Waals surface area contributed by atoms with Crippen molar-refractivity contribution in [3.05, 3.63) is 24.2 Å². The fraction of sp³-hybridized carbons (Fsp3) is 0.680. The second-order valence-corrected chi connectivity index (χ2v) is 8.72. The number of rotatable bonds is 8. The van der Waals surface area contributed by atoms with Crippen LogP contribution in [0, 0.1) is 17.2 Å². The minimum absolute atomic E-state index is 0.154. The third-order valence-corrected chi connectivity index (χ3v) is 6.22. The molecule has 0 spiro atoms. The quantitative estimate of drug-likeness (QED) is 0.582. The Bertz CT molecular complexity index is 926. The van der Waals surface area contributed by atoms with E-state index in [0.717, 1.165) is 55.7 Å². The highest BCUT2D eigenvalue weighted by Crippen LogP contribution is 2.27. The molecule has 0 radical (unpaired) electrons. The number of hydrogen-bond donors (Lipinski definition) is 2. The lowest BCUT2D eigenvalue weighted by Crippen LogP contribution is -2.53. The Morgan fingerprint density at radius 1 is 1.23 bits per heavy atom. The van der Waals surface area contributed by atoms with Crippen LogP contribution in [-0.4, -0.2) is 80.1 Å². The molecule has 10 heteroatoms. The monoisotopic (exact) mass is 485 g/mol. The SMILES string of the molecule is CC.CC#N.CCc1cnc(Nc2cnn(CO)c2)nc1N(CC)CN1CCN2CC(C)CC2C1. The number of nitriles is 1. The molecule has 0 bridgehead atoms. The molecule has 2 aliphatic rings. The molecule has 0 aromatic carbocycles. The van der Waals surface area contributed by atoms with E-state index in [-0.39, 0.29) is 6.73 Å². The number of aryl methyl sites for hydroxylation is 1. The molecule has 10 nitrogen and oxygen atoms in total. The summed E-state index contributed by atoms with van der Waals surface area (Å²) >= 11 is 0. The zero-order valence-corrected chi connectivity index (χ0v) is 22.3. The third kappa shape index (κ3) is 7.88. The summed E-state index contributed by atoms with van der Waals surface area (Å²) in [5.41, 5.74) is 1.91. The van der Waals surface area contributed by atoms with Crippen molar-refractivity contribution < 1.29 is 5.11 Å². The van der Waals surface area contributed by atoms with E-state index in [1.54, 1.807) is 18.5 Å². The Kier molecular flexibility index (Phi) is 11.9. The second kappa shape index (κ2) is 14.6. The van der Waals surface area contributed by atoms with E-state index in [0.29, 0.717) is 12.0 Å². The van der Waals surface area contributed by atoms with E-state index in [4.69, 9.17) is 10.2 Å². The number of piperazine rings is 1. The third-order valence-electron chi connectivity index (χ3n) is 6.22. The predicted molar refractivity (Wildman–Crippen MR) is 140 cm³/mol. The van der Waals surface area contributed by atoms with Gasteiger partial charge < -0.3 is 15.3 Å². The van der Waals surface area contributed by atoms with Crippen LogP contribution in [0.5, 0.6) is 0 Å². The summed E-state index contributed by atoms with van der Waals surface area (Å²) in [6, 6.07) is 2.45. The van der Waals surface area contributed by atoms with E-state index in [9.17, 15) is 5.11 Å². The minimum Gasteiger partial charge on any atom is -0.374 e. The highest BCUT2D eigenvalue weighted by molar-refractivity contribution is 5.55. The van der Waals surface area contributed by atoms with Gasteiger partial charge in [0.1, 0.15) is 12.5 Å². The van der Waals surface area contributed by atoms with E-state index in [1.165, 1.54) is 31.1 Å². The molecule has 0 aliphatic carbocycles. The van der Waals surface area contributed by atoms with Gasteiger partial charge in [-0.25, -0.2) is 9.67 Å². The van der Waals surface area contributed by atoms with Gasteiger partial charge in [0, 0.05) is 57.4 Å². The Morgan fingerprint density at radius 3 is 2.60 bits per heavy atom. The average molecular weight is 486 g/mol. The fourth-order valence-electron chi connectivity index (χ4n) is 4.66. The van der Waals surface area contributed by atoms with Crippen molar-refractivity contribution in [2.75, 3.05) is 49.6 Å². The number of nitrogens with one attached hydrogen (secondary N) is 1. The normalized spacial score (nSPS) is 19.5. The molecule has 2 atom stereocenters. The molecule has 2 saturated heterocycles. The van der Waals surface area contributed by atoms with Gasteiger partial charge >= 0.3 is 0 Å². The number of anilines is 3. The van der Waals surface area contributed by atoms with E-state index in [1.807, 2.05) is 20.0 Å². The molecular weight excluding hydrogens is 442 g/mol. The van der Waals surface area contributed by atoms with Gasteiger partial charge in [-0.15, -0.1) is 0 Å². The Balaban J connectivity index is 0.000000803. The molecule has 0 saturated carbocycles. The van der Waals surface area contributed by atoms with Crippen LogP contribution >= 0.6 is 0 Å². The van der Waals surface area contributed by atoms with Crippen LogP contribution in [0.2, 0.25) is 0 Å². The van der Waals surface area contributed by atoms with Gasteiger partial charge in [-0.2, -0.15) is 15.3 Å². The Hall–Kier alpha value is -2.74. The first-order valence-corrected chi connectivity index (χ1v) is 12.8. The topological polar surface area (TPSA) is 109 Å². The van der Waals surface area contributed by atoms with Crippen molar-refractivity contribution in [2.24, 2.45) is 5.92 Å². The van der Waals surface area contributed by atoms with Gasteiger partial charge in [-0.3, -0.25) is 9.80 Å². The van der Waals surface area contributed by atoms with Crippen LogP contribution in [-0.2, 0) is 13.2 Å². The maximum atomic E-state index is 9.19. The number of aromatic nitrogens is 4. The highest BCUT2D eigenvalue weighted by Gasteiger charge is 2.34. The molecule has 2 aromatic rings. The first-order chi connectivity index (χ1) is 17.0. The van der Waals surface area contributed by atoms with E-state index < -0.39 is 0 Å². The molecule has 2 aliphatic heterocycles. The Labute approximate surface area is 210 Å². The van der Waals surface area contributed by atoms with Gasteiger partial charge in [0.25, 0.3) is 0 Å². The maximum absolute atomic E-state index is 9.19. The number of nitrogens with zero attached hydrogens (tertiary/aromatic N) is 8. The maximum Gasteiger partial charge on any atom is 0.229 e. The molecule has 2 fully saturated rings. The zero-order chi connectivity index (χ0) is 25.8. The number of aliphatic hydroxyl groups is 1. The van der Waals surface area contributed by atoms with Crippen molar-refractivity contribution in [3.63, 3.8) is 0 Å². The zero-order valence-electron chi connectivity index (χ0n) is 22.3. The molecule has 35 heavy (non-hydrogen) atoms. The second-order valence-electron chi connectivity index (χ2n) is 8.72. The van der Waals surface area contributed by atoms with E-state index in [2.05, 4.69) is 50.9 Å². The molecule has 194 valence electrons. The summed E-state index contributed by atoms with van der Waals surface area (Å²) < 4.78 is 1.45. The summed E-state index contributed by atoms with van der Waals surface area (Å²) in [5.74, 6) is 2.36. The van der Waals surface area contributed by atoms with Crippen molar-refractivity contribution in [1.82, 2.24) is 29.5 Å². The molecule has 0 amide bonds. The highest BCUT2D eigenvalue weighted by atomic mass is 16.3. The lowest BCUT2D eigenvalue weighted by atomic mass is 10.1. The number of aliphatic hydroxyl groups excluding tert-OH is 1. The van der Waals surface area contributed by atoms with Gasteiger partial charge in [0.15, 0.2) is 0 Å². The van der Waals surface area contributed by atoms with Crippen LogP contribution < -0.4 is 10.2 Å². The molecule has 4 rings (SSSR count). The first kappa shape index (κ1) is 28.5.